The highest BCUT2D eigenvalue weighted by Gasteiger charge is 2.22. The Labute approximate surface area is 197 Å². The summed E-state index contributed by atoms with van der Waals surface area (Å²) in [6, 6.07) is 21.4. The first-order chi connectivity index (χ1) is 16.6. The van der Waals surface area contributed by atoms with Gasteiger partial charge < -0.3 is 9.32 Å². The van der Waals surface area contributed by atoms with Crippen LogP contribution < -0.4 is 0 Å². The minimum atomic E-state index is -0.00325. The fraction of sp³-hybridized carbons (Fsp3) is 0.185. The summed E-state index contributed by atoms with van der Waals surface area (Å²) in [7, 11) is 0. The predicted molar refractivity (Wildman–Crippen MR) is 128 cm³/mol. The molecule has 34 heavy (non-hydrogen) atoms. The topological polar surface area (TPSA) is 88.0 Å². The van der Waals surface area contributed by atoms with Crippen molar-refractivity contribution in [3.63, 3.8) is 0 Å². The molecule has 1 aliphatic rings. The van der Waals surface area contributed by atoms with Gasteiger partial charge in [0.15, 0.2) is 0 Å². The van der Waals surface area contributed by atoms with E-state index in [4.69, 9.17) is 9.52 Å². The van der Waals surface area contributed by atoms with Gasteiger partial charge in [0, 0.05) is 24.2 Å². The van der Waals surface area contributed by atoms with Crippen LogP contribution in [0.1, 0.15) is 23.6 Å². The summed E-state index contributed by atoms with van der Waals surface area (Å²) in [5.41, 5.74) is 5.00. The molecule has 7 heteroatoms. The molecule has 3 heterocycles. The lowest BCUT2D eigenvalue weighted by Crippen LogP contribution is -2.37. The number of rotatable bonds is 5. The molecule has 0 unspecified atom stereocenters. The van der Waals surface area contributed by atoms with Crippen LogP contribution in [0.4, 0.5) is 0 Å². The first-order valence-electron chi connectivity index (χ1n) is 11.1. The average Bonchev–Trinajstić information content (AvgIpc) is 3.51. The zero-order valence-electron chi connectivity index (χ0n) is 18.8. The van der Waals surface area contributed by atoms with Gasteiger partial charge in [-0.3, -0.25) is 9.48 Å². The number of oxazole rings is 1. The van der Waals surface area contributed by atoms with Gasteiger partial charge in [-0.15, -0.1) is 0 Å². The van der Waals surface area contributed by atoms with E-state index in [1.54, 1.807) is 16.9 Å². The molecule has 0 saturated heterocycles. The third-order valence-electron chi connectivity index (χ3n) is 5.88. The molecule has 2 aromatic carbocycles. The largest absolute Gasteiger partial charge is 0.442 e. The number of benzene rings is 2. The van der Waals surface area contributed by atoms with Gasteiger partial charge in [-0.2, -0.15) is 10.4 Å². The lowest BCUT2D eigenvalue weighted by atomic mass is 10.1. The van der Waals surface area contributed by atoms with Crippen LogP contribution in [0.25, 0.3) is 28.1 Å². The molecule has 0 saturated carbocycles. The molecular weight excluding hydrogens is 426 g/mol. The molecule has 0 atom stereocenters. The molecular formula is C27H23N5O2. The maximum atomic E-state index is 13.2. The van der Waals surface area contributed by atoms with E-state index in [0.29, 0.717) is 31.0 Å². The highest BCUT2D eigenvalue weighted by molar-refractivity contribution is 5.79. The van der Waals surface area contributed by atoms with Crippen molar-refractivity contribution < 1.29 is 9.21 Å². The third kappa shape index (κ3) is 4.39. The summed E-state index contributed by atoms with van der Waals surface area (Å²) >= 11 is 0. The summed E-state index contributed by atoms with van der Waals surface area (Å²) in [6.45, 7) is 3.11. The minimum absolute atomic E-state index is 0.00325. The van der Waals surface area contributed by atoms with Gasteiger partial charge in [-0.1, -0.05) is 48.5 Å². The molecule has 168 valence electrons. The van der Waals surface area contributed by atoms with Crippen molar-refractivity contribution in [1.29, 1.82) is 5.26 Å². The van der Waals surface area contributed by atoms with Crippen LogP contribution in [0.3, 0.4) is 0 Å². The molecule has 2 aromatic heterocycles. The number of carbonyl (C=O) groups is 1. The van der Waals surface area contributed by atoms with Gasteiger partial charge >= 0.3 is 0 Å². The smallest absolute Gasteiger partial charge is 0.244 e. The molecule has 1 aliphatic heterocycles. The first kappa shape index (κ1) is 21.4. The van der Waals surface area contributed by atoms with Crippen LogP contribution in [0, 0.1) is 18.3 Å². The predicted octanol–water partition coefficient (Wildman–Crippen LogP) is 4.70. The second-order valence-electron chi connectivity index (χ2n) is 8.23. The number of hydrogen-bond donors (Lipinski definition) is 0. The Morgan fingerprint density at radius 1 is 1.12 bits per heavy atom. The van der Waals surface area contributed by atoms with Crippen molar-refractivity contribution in [1.82, 2.24) is 19.7 Å². The van der Waals surface area contributed by atoms with E-state index < -0.39 is 0 Å². The van der Waals surface area contributed by atoms with Gasteiger partial charge in [-0.05, 0) is 37.1 Å². The van der Waals surface area contributed by atoms with Crippen LogP contribution >= 0.6 is 0 Å². The molecule has 7 nitrogen and oxygen atoms in total. The number of hydrogen-bond acceptors (Lipinski definition) is 5. The van der Waals surface area contributed by atoms with Crippen LogP contribution in [0.15, 0.2) is 77.4 Å². The van der Waals surface area contributed by atoms with E-state index in [2.05, 4.69) is 11.1 Å². The van der Waals surface area contributed by atoms with Crippen molar-refractivity contribution in [3.8, 4) is 28.6 Å². The van der Waals surface area contributed by atoms with E-state index >= 15 is 0 Å². The normalized spacial score (nSPS) is 13.4. The number of amides is 1. The van der Waals surface area contributed by atoms with Crippen LogP contribution in [0.2, 0.25) is 0 Å². The maximum absolute atomic E-state index is 13.2. The highest BCUT2D eigenvalue weighted by atomic mass is 16.4. The second-order valence-corrected chi connectivity index (χ2v) is 8.23. The molecule has 0 bridgehead atoms. The van der Waals surface area contributed by atoms with E-state index in [1.807, 2.05) is 72.5 Å². The fourth-order valence-corrected chi connectivity index (χ4v) is 4.09. The fourth-order valence-electron chi connectivity index (χ4n) is 4.09. The minimum Gasteiger partial charge on any atom is -0.442 e. The van der Waals surface area contributed by atoms with Gasteiger partial charge in [-0.25, -0.2) is 4.98 Å². The van der Waals surface area contributed by atoms with Crippen molar-refractivity contribution in [2.45, 2.75) is 19.9 Å². The van der Waals surface area contributed by atoms with E-state index in [-0.39, 0.29) is 12.5 Å². The summed E-state index contributed by atoms with van der Waals surface area (Å²) in [5, 5.41) is 14.0. The number of carbonyl (C=O) groups excluding carboxylic acids is 1. The molecule has 1 amide bonds. The van der Waals surface area contributed by atoms with E-state index in [1.165, 1.54) is 0 Å². The van der Waals surface area contributed by atoms with Crippen molar-refractivity contribution >= 4 is 11.5 Å². The first-order valence-corrected chi connectivity index (χ1v) is 11.1. The number of nitriles is 1. The van der Waals surface area contributed by atoms with Crippen LogP contribution in [-0.2, 0) is 11.3 Å². The van der Waals surface area contributed by atoms with Gasteiger partial charge in [0.05, 0.1) is 29.2 Å². The van der Waals surface area contributed by atoms with E-state index in [0.717, 1.165) is 33.8 Å². The Kier molecular flexibility index (Phi) is 5.79. The molecule has 0 aliphatic carbocycles. The lowest BCUT2D eigenvalue weighted by Gasteiger charge is -2.26. The highest BCUT2D eigenvalue weighted by Crippen LogP contribution is 2.27. The molecule has 4 aromatic rings. The molecule has 0 N–H and O–H groups in total. The Morgan fingerprint density at radius 3 is 2.65 bits per heavy atom. The summed E-state index contributed by atoms with van der Waals surface area (Å²) in [6.07, 6.45) is 4.41. The zero-order chi connectivity index (χ0) is 23.5. The van der Waals surface area contributed by atoms with Gasteiger partial charge in [0.25, 0.3) is 0 Å². The molecule has 5 rings (SSSR count). The lowest BCUT2D eigenvalue weighted by molar-refractivity contribution is -0.131. The van der Waals surface area contributed by atoms with Crippen LogP contribution in [0.5, 0.6) is 0 Å². The summed E-state index contributed by atoms with van der Waals surface area (Å²) < 4.78 is 7.38. The Balaban J connectivity index is 1.40. The average molecular weight is 450 g/mol. The zero-order valence-corrected chi connectivity index (χ0v) is 18.8. The SMILES string of the molecule is Cc1cnc(C2=CCN(C(=O)Cn3nc(-c4cccc(C#N)c4)cc3-c3ccccc3)CC2)o1. The monoisotopic (exact) mass is 449 g/mol. The Hall–Kier alpha value is -4.44. The van der Waals surface area contributed by atoms with Gasteiger partial charge in [0.2, 0.25) is 11.8 Å². The van der Waals surface area contributed by atoms with E-state index in [9.17, 15) is 10.1 Å². The molecule has 0 fully saturated rings. The summed E-state index contributed by atoms with van der Waals surface area (Å²) in [5.74, 6) is 1.40. The maximum Gasteiger partial charge on any atom is 0.244 e. The summed E-state index contributed by atoms with van der Waals surface area (Å²) in [4.78, 5) is 19.3. The van der Waals surface area contributed by atoms with Crippen LogP contribution in [-0.4, -0.2) is 38.7 Å². The number of aromatic nitrogens is 3. The molecule has 0 spiro atoms. The number of nitrogens with zero attached hydrogens (tertiary/aromatic N) is 5. The molecule has 0 radical (unpaired) electrons. The van der Waals surface area contributed by atoms with Gasteiger partial charge in [0.1, 0.15) is 12.3 Å². The third-order valence-corrected chi connectivity index (χ3v) is 5.88. The van der Waals surface area contributed by atoms with Crippen molar-refractivity contribution in [2.24, 2.45) is 0 Å². The van der Waals surface area contributed by atoms with Crippen molar-refractivity contribution in [3.05, 3.63) is 90.2 Å². The second kappa shape index (κ2) is 9.20. The van der Waals surface area contributed by atoms with Crippen molar-refractivity contribution in [2.75, 3.05) is 13.1 Å². The number of aryl methyl sites for hydroxylation is 1. The standard InChI is InChI=1S/C27H23N5O2/c1-19-17-29-27(34-19)22-10-12-31(13-11-22)26(33)18-32-25(21-7-3-2-4-8-21)15-24(30-32)23-9-5-6-20(14-23)16-28/h2-10,14-15,17H,11-13,18H2,1H3. The Bertz CT molecular complexity index is 1410. The quantitative estimate of drug-likeness (QED) is 0.441. The Morgan fingerprint density at radius 2 is 1.94 bits per heavy atom.